The molecule has 0 saturated carbocycles. The fourth-order valence-electron chi connectivity index (χ4n) is 8.58. The second-order valence-corrected chi connectivity index (χ2v) is 20.5. The summed E-state index contributed by atoms with van der Waals surface area (Å²) in [7, 11) is 1.64. The van der Waals surface area contributed by atoms with E-state index in [-0.39, 0.29) is 99.6 Å². The second kappa shape index (κ2) is 29.5. The van der Waals surface area contributed by atoms with Gasteiger partial charge < -0.3 is 58.0 Å². The predicted octanol–water partition coefficient (Wildman–Crippen LogP) is 8.83. The smallest absolute Gasteiger partial charge is 0.264 e. The lowest BCUT2D eigenvalue weighted by Gasteiger charge is -2.23. The fraction of sp³-hybridized carbons (Fsp3) is 0.533. The number of anilines is 4. The molecule has 0 amide bonds. The summed E-state index contributed by atoms with van der Waals surface area (Å²) in [5.74, 6) is 0. The van der Waals surface area contributed by atoms with E-state index in [0.29, 0.717) is 70.8 Å². The van der Waals surface area contributed by atoms with E-state index in [1.54, 1.807) is 38.3 Å². The molecule has 17 nitrogen and oxygen atoms in total. The molecule has 9 atom stereocenters. The molecule has 6 rings (SSSR count). The van der Waals surface area contributed by atoms with E-state index in [0.717, 1.165) is 15.7 Å². The van der Waals surface area contributed by atoms with Crippen molar-refractivity contribution in [2.75, 3.05) is 90.4 Å². The minimum Gasteiger partial charge on any atom is -0.382 e. The zero-order chi connectivity index (χ0) is 55.8. The Kier molecular flexibility index (Phi) is 23.3. The van der Waals surface area contributed by atoms with E-state index >= 15 is 0 Å². The van der Waals surface area contributed by atoms with Crippen molar-refractivity contribution < 1.29 is 47.4 Å². The van der Waals surface area contributed by atoms with Crippen LogP contribution in [0.1, 0.15) is 79.5 Å². The van der Waals surface area contributed by atoms with Crippen molar-refractivity contribution in [3.8, 4) is 0 Å². The molecule has 17 heteroatoms. The number of benzene rings is 5. The van der Waals surface area contributed by atoms with Gasteiger partial charge >= 0.3 is 0 Å². The Hall–Kier alpha value is -5.44. The van der Waals surface area contributed by atoms with Crippen molar-refractivity contribution in [1.82, 2.24) is 4.57 Å². The summed E-state index contributed by atoms with van der Waals surface area (Å²) in [5, 5.41) is 7.04. The van der Waals surface area contributed by atoms with Crippen molar-refractivity contribution in [2.45, 2.75) is 131 Å². The number of aryl methyl sites for hydroxylation is 2. The summed E-state index contributed by atoms with van der Waals surface area (Å²) < 4.78 is 59.7. The Balaban J connectivity index is 1.00. The number of nitrogens with zero attached hydrogens (tertiary/aromatic N) is 1. The molecule has 1 aromatic heterocycles. The van der Waals surface area contributed by atoms with Crippen molar-refractivity contribution in [2.24, 2.45) is 0 Å². The summed E-state index contributed by atoms with van der Waals surface area (Å²) in [6, 6.07) is 20.7. The molecule has 0 saturated heterocycles. The topological polar surface area (TPSA) is 190 Å². The third kappa shape index (κ3) is 17.0. The van der Waals surface area contributed by atoms with E-state index in [1.807, 2.05) is 118 Å². The maximum absolute atomic E-state index is 14.9. The lowest BCUT2D eigenvalue weighted by molar-refractivity contribution is -0.110. The van der Waals surface area contributed by atoms with Crippen LogP contribution >= 0.6 is 0 Å². The maximum atomic E-state index is 14.9. The molecule has 0 spiro atoms. The van der Waals surface area contributed by atoms with Crippen LogP contribution in [0.4, 0.5) is 22.7 Å². The summed E-state index contributed by atoms with van der Waals surface area (Å²) in [6.07, 6.45) is -1.44. The zero-order valence-electron chi connectivity index (χ0n) is 47.1. The van der Waals surface area contributed by atoms with Crippen LogP contribution in [0.5, 0.6) is 0 Å². The molecule has 6 aromatic rings. The van der Waals surface area contributed by atoms with E-state index in [4.69, 9.17) is 47.4 Å². The van der Waals surface area contributed by atoms with Gasteiger partial charge in [0.25, 0.3) is 11.1 Å². The fourth-order valence-corrected chi connectivity index (χ4v) is 8.58. The number of aromatic nitrogens is 1. The van der Waals surface area contributed by atoms with Gasteiger partial charge in [-0.1, -0.05) is 59.7 Å². The van der Waals surface area contributed by atoms with Gasteiger partial charge in [-0.25, -0.2) is 0 Å². The Morgan fingerprint density at radius 2 is 0.714 bits per heavy atom. The van der Waals surface area contributed by atoms with E-state index in [9.17, 15) is 19.2 Å². The van der Waals surface area contributed by atoms with Crippen LogP contribution in [0.15, 0.2) is 92.0 Å². The first-order valence-corrected chi connectivity index (χ1v) is 26.8. The monoisotopic (exact) mass is 1070 g/mol. The van der Waals surface area contributed by atoms with Crippen LogP contribution in [-0.4, -0.2) is 133 Å². The van der Waals surface area contributed by atoms with Gasteiger partial charge in [0.15, 0.2) is 10.9 Å². The van der Waals surface area contributed by atoms with E-state index in [1.165, 1.54) is 0 Å². The number of hydrogen-bond donors (Lipinski definition) is 2. The van der Waals surface area contributed by atoms with Crippen LogP contribution in [-0.2, 0) is 47.4 Å². The number of nitrogens with one attached hydrogen (secondary N) is 2. The van der Waals surface area contributed by atoms with Crippen molar-refractivity contribution in [1.29, 1.82) is 0 Å². The molecule has 0 aliphatic carbocycles. The summed E-state index contributed by atoms with van der Waals surface area (Å²) in [6.45, 7) is 25.3. The lowest BCUT2D eigenvalue weighted by Crippen LogP contribution is -2.33. The molecular weight excluding hydrogens is 987 g/mol. The Labute approximate surface area is 452 Å². The Bertz CT molecular complexity index is 2860. The Morgan fingerprint density at radius 1 is 0.403 bits per heavy atom. The first-order chi connectivity index (χ1) is 36.9. The van der Waals surface area contributed by atoms with Crippen LogP contribution in [0, 0.1) is 13.8 Å². The molecule has 0 fully saturated rings. The van der Waals surface area contributed by atoms with Crippen molar-refractivity contribution >= 4 is 55.1 Å². The van der Waals surface area contributed by atoms with Crippen LogP contribution < -0.4 is 32.6 Å². The number of rotatable bonds is 34. The summed E-state index contributed by atoms with van der Waals surface area (Å²) in [5.41, 5.74) is 1.21. The number of ether oxygens (including phenoxy) is 10. The molecular formula is C60H81N3O14. The SMILES string of the molecule is COCCOCC(C)OCC(C)OCC(C)OCC(C)OCC(C)OCC(C)OCC(C)OCC(C)OCC(C)n1c(=O)c2c(Nc3ccc(C)cc3)c3c(=O)c4ccccc4c(=O)c3c(Nc3ccc(C)cc3)c2c1=O. The molecule has 2 N–H and O–H groups in total. The number of methoxy groups -OCH3 is 1. The molecule has 0 radical (unpaired) electrons. The highest BCUT2D eigenvalue weighted by Gasteiger charge is 2.30. The first kappa shape index (κ1) is 60.8. The zero-order valence-corrected chi connectivity index (χ0v) is 47.1. The molecule has 0 aliphatic rings. The molecule has 5 aromatic carbocycles. The Morgan fingerprint density at radius 3 is 1.04 bits per heavy atom. The highest BCUT2D eigenvalue weighted by Crippen LogP contribution is 2.39. The van der Waals surface area contributed by atoms with Gasteiger partial charge in [-0.05, 0) is 100 Å². The van der Waals surface area contributed by atoms with E-state index < -0.39 is 34.1 Å². The average Bonchev–Trinajstić information content (AvgIpc) is 3.71. The van der Waals surface area contributed by atoms with Crippen molar-refractivity contribution in [3.05, 3.63) is 125 Å². The molecule has 1 heterocycles. The second-order valence-electron chi connectivity index (χ2n) is 20.5. The largest absolute Gasteiger partial charge is 0.382 e. The third-order valence-electron chi connectivity index (χ3n) is 13.0. The molecule has 420 valence electrons. The number of hydrogen-bond acceptors (Lipinski definition) is 16. The van der Waals surface area contributed by atoms with Gasteiger partial charge in [-0.15, -0.1) is 0 Å². The highest BCUT2D eigenvalue weighted by molar-refractivity contribution is 6.23. The first-order valence-electron chi connectivity index (χ1n) is 26.8. The molecule has 0 bridgehead atoms. The predicted molar refractivity (Wildman–Crippen MR) is 304 cm³/mol. The van der Waals surface area contributed by atoms with Gasteiger partial charge in [0, 0.05) is 29.3 Å². The third-order valence-corrected chi connectivity index (χ3v) is 13.0. The lowest BCUT2D eigenvalue weighted by atomic mass is 9.95. The molecule has 0 aliphatic heterocycles. The van der Waals surface area contributed by atoms with Gasteiger partial charge in [0.1, 0.15) is 0 Å². The van der Waals surface area contributed by atoms with Crippen LogP contribution in [0.3, 0.4) is 0 Å². The van der Waals surface area contributed by atoms with Crippen molar-refractivity contribution in [3.63, 3.8) is 0 Å². The highest BCUT2D eigenvalue weighted by atomic mass is 16.6. The van der Waals surface area contributed by atoms with Gasteiger partial charge in [0.05, 0.1) is 160 Å². The summed E-state index contributed by atoms with van der Waals surface area (Å²) >= 11 is 0. The standard InChI is InChI=1S/C60H81N3O14/c1-36-17-21-47(22-18-36)61-55-51-52(58(65)50-16-14-13-15-49(50)57(51)64)56(62-48-23-19-37(2)20-24-48)54-53(55)59(66)63(60(54)67)38(3)27-70-40(5)29-72-42(7)31-74-44(9)33-76-46(11)35-77-45(10)34-75-43(8)32-73-41(6)30-71-39(4)28-69-26-25-68-12/h13-24,38-46,61-62H,25-35H2,1-12H3. The minimum atomic E-state index is -0.752. The van der Waals surface area contributed by atoms with Crippen LogP contribution in [0.25, 0.3) is 32.3 Å². The average molecular weight is 1070 g/mol. The van der Waals surface area contributed by atoms with Gasteiger partial charge in [-0.2, -0.15) is 0 Å². The summed E-state index contributed by atoms with van der Waals surface area (Å²) in [4.78, 5) is 59.0. The molecule has 77 heavy (non-hydrogen) atoms. The number of fused-ring (bicyclic) bond motifs is 3. The normalized spacial score (nSPS) is 15.6. The molecule has 9 unspecified atom stereocenters. The van der Waals surface area contributed by atoms with E-state index in [2.05, 4.69) is 10.6 Å². The van der Waals surface area contributed by atoms with Crippen LogP contribution in [0.2, 0.25) is 0 Å². The van der Waals surface area contributed by atoms with Gasteiger partial charge in [0.2, 0.25) is 0 Å². The van der Waals surface area contributed by atoms with Gasteiger partial charge in [-0.3, -0.25) is 23.7 Å². The minimum absolute atomic E-state index is 0.00722. The quantitative estimate of drug-likeness (QED) is 0.0221. The maximum Gasteiger partial charge on any atom is 0.264 e.